The van der Waals surface area contributed by atoms with Crippen molar-refractivity contribution in [3.05, 3.63) is 35.9 Å². The lowest BCUT2D eigenvalue weighted by atomic mass is 9.86. The molecule has 1 aromatic rings. The van der Waals surface area contributed by atoms with E-state index in [0.29, 0.717) is 26.0 Å². The number of amides is 1. The van der Waals surface area contributed by atoms with E-state index >= 15 is 0 Å². The summed E-state index contributed by atoms with van der Waals surface area (Å²) in [4.78, 5) is 25.7. The number of nitrogens with zero attached hydrogens (tertiary/aromatic N) is 1. The summed E-state index contributed by atoms with van der Waals surface area (Å²) in [7, 11) is 0. The lowest BCUT2D eigenvalue weighted by Gasteiger charge is -2.34. The van der Waals surface area contributed by atoms with Gasteiger partial charge in [0.2, 0.25) is 0 Å². The molecule has 0 bridgehead atoms. The fraction of sp³-hybridized carbons (Fsp3) is 0.579. The molecule has 1 saturated carbocycles. The van der Waals surface area contributed by atoms with Gasteiger partial charge in [0.25, 0.3) is 5.91 Å². The highest BCUT2D eigenvalue weighted by molar-refractivity contribution is 5.81. The van der Waals surface area contributed by atoms with Crippen molar-refractivity contribution in [1.29, 1.82) is 0 Å². The summed E-state index contributed by atoms with van der Waals surface area (Å²) >= 11 is 0. The number of carboxylic acids is 1. The number of rotatable bonds is 5. The van der Waals surface area contributed by atoms with Crippen molar-refractivity contribution in [3.63, 3.8) is 0 Å². The first kappa shape index (κ1) is 17.9. The highest BCUT2D eigenvalue weighted by Gasteiger charge is 2.31. The van der Waals surface area contributed by atoms with E-state index in [1.165, 1.54) is 5.56 Å². The van der Waals surface area contributed by atoms with Crippen LogP contribution >= 0.6 is 0 Å². The number of aliphatic carboxylic acids is 1. The van der Waals surface area contributed by atoms with Gasteiger partial charge in [-0.3, -0.25) is 14.5 Å². The first-order valence-electron chi connectivity index (χ1n) is 9.03. The van der Waals surface area contributed by atoms with E-state index in [2.05, 4.69) is 22.3 Å². The monoisotopic (exact) mass is 346 g/mol. The minimum Gasteiger partial charge on any atom is -0.481 e. The van der Waals surface area contributed by atoms with Crippen molar-refractivity contribution in [2.45, 2.75) is 44.4 Å². The Balaban J connectivity index is 1.46. The minimum atomic E-state index is -0.725. The van der Waals surface area contributed by atoms with Gasteiger partial charge < -0.3 is 15.2 Å². The highest BCUT2D eigenvalue weighted by atomic mass is 16.5. The molecule has 1 aliphatic heterocycles. The van der Waals surface area contributed by atoms with Crippen LogP contribution in [0, 0.1) is 5.92 Å². The molecule has 2 fully saturated rings. The second-order valence-corrected chi connectivity index (χ2v) is 6.98. The van der Waals surface area contributed by atoms with Gasteiger partial charge in [0.1, 0.15) is 6.10 Å². The van der Waals surface area contributed by atoms with Crippen LogP contribution in [0.25, 0.3) is 0 Å². The van der Waals surface area contributed by atoms with Crippen molar-refractivity contribution in [1.82, 2.24) is 10.2 Å². The zero-order valence-electron chi connectivity index (χ0n) is 14.4. The molecule has 2 aliphatic rings. The molecule has 0 radical (unpaired) electrons. The van der Waals surface area contributed by atoms with Gasteiger partial charge in [0.05, 0.1) is 12.5 Å². The van der Waals surface area contributed by atoms with Crippen molar-refractivity contribution in [3.8, 4) is 0 Å². The smallest absolute Gasteiger partial charge is 0.306 e. The number of carboxylic acid groups (broad SMARTS) is 1. The quantitative estimate of drug-likeness (QED) is 0.847. The normalized spacial score (nSPS) is 27.6. The molecule has 1 aliphatic carbocycles. The molecule has 2 N–H and O–H groups in total. The SMILES string of the molecule is O=C(O)C1CCC(NC(=O)C2CN(Cc3ccccc3)CCO2)CC1. The molecule has 1 atom stereocenters. The summed E-state index contributed by atoms with van der Waals surface area (Å²) in [5.74, 6) is -1.06. The van der Waals surface area contributed by atoms with Crippen LogP contribution < -0.4 is 5.32 Å². The van der Waals surface area contributed by atoms with E-state index in [1.807, 2.05) is 18.2 Å². The zero-order chi connectivity index (χ0) is 17.6. The van der Waals surface area contributed by atoms with E-state index in [0.717, 1.165) is 25.9 Å². The van der Waals surface area contributed by atoms with Gasteiger partial charge in [-0.1, -0.05) is 30.3 Å². The van der Waals surface area contributed by atoms with Crippen LogP contribution in [-0.2, 0) is 20.9 Å². The van der Waals surface area contributed by atoms with Gasteiger partial charge >= 0.3 is 5.97 Å². The molecule has 1 aromatic carbocycles. The summed E-state index contributed by atoms with van der Waals surface area (Å²) < 4.78 is 5.66. The molecule has 1 amide bonds. The molecule has 0 aromatic heterocycles. The third-order valence-electron chi connectivity index (χ3n) is 5.11. The average molecular weight is 346 g/mol. The van der Waals surface area contributed by atoms with Gasteiger partial charge in [-0.2, -0.15) is 0 Å². The predicted molar refractivity (Wildman–Crippen MR) is 93.0 cm³/mol. The van der Waals surface area contributed by atoms with Crippen LogP contribution in [0.15, 0.2) is 30.3 Å². The Morgan fingerprint density at radius 3 is 2.56 bits per heavy atom. The fourth-order valence-electron chi connectivity index (χ4n) is 3.63. The van der Waals surface area contributed by atoms with Gasteiger partial charge in [-0.25, -0.2) is 0 Å². The van der Waals surface area contributed by atoms with Crippen LogP contribution in [0.1, 0.15) is 31.2 Å². The van der Waals surface area contributed by atoms with Gasteiger partial charge in [-0.05, 0) is 31.2 Å². The van der Waals surface area contributed by atoms with E-state index in [-0.39, 0.29) is 17.9 Å². The molecule has 6 heteroatoms. The molecular formula is C19H26N2O4. The molecule has 1 unspecified atom stereocenters. The fourth-order valence-corrected chi connectivity index (χ4v) is 3.63. The number of carbonyl (C=O) groups is 2. The number of benzene rings is 1. The number of carbonyl (C=O) groups excluding carboxylic acids is 1. The van der Waals surface area contributed by atoms with Gasteiger partial charge in [-0.15, -0.1) is 0 Å². The number of morpholine rings is 1. The number of ether oxygens (including phenoxy) is 1. The lowest BCUT2D eigenvalue weighted by Crippen LogP contribution is -2.52. The van der Waals surface area contributed by atoms with Crippen molar-refractivity contribution in [2.24, 2.45) is 5.92 Å². The van der Waals surface area contributed by atoms with Gasteiger partial charge in [0.15, 0.2) is 0 Å². The Kier molecular flexibility index (Phi) is 6.04. The molecule has 136 valence electrons. The van der Waals surface area contributed by atoms with Gasteiger partial charge in [0, 0.05) is 25.7 Å². The van der Waals surface area contributed by atoms with Crippen molar-refractivity contribution in [2.75, 3.05) is 19.7 Å². The topological polar surface area (TPSA) is 78.9 Å². The summed E-state index contributed by atoms with van der Waals surface area (Å²) in [5, 5.41) is 12.1. The molecule has 0 spiro atoms. The highest BCUT2D eigenvalue weighted by Crippen LogP contribution is 2.24. The Hall–Kier alpha value is -1.92. The van der Waals surface area contributed by atoms with Crippen molar-refractivity contribution >= 4 is 11.9 Å². The third kappa shape index (κ3) is 5.03. The summed E-state index contributed by atoms with van der Waals surface area (Å²) in [6.45, 7) is 2.78. The average Bonchev–Trinajstić information content (AvgIpc) is 2.63. The lowest BCUT2D eigenvalue weighted by molar-refractivity contribution is -0.143. The standard InChI is InChI=1S/C19H26N2O4/c22-18(20-16-8-6-15(7-9-16)19(23)24)17-13-21(10-11-25-17)12-14-4-2-1-3-5-14/h1-5,15-17H,6-13H2,(H,20,22)(H,23,24). The maximum atomic E-state index is 12.5. The Morgan fingerprint density at radius 1 is 1.16 bits per heavy atom. The number of hydrogen-bond acceptors (Lipinski definition) is 4. The minimum absolute atomic E-state index is 0.0659. The van der Waals surface area contributed by atoms with Crippen LogP contribution in [0.3, 0.4) is 0 Å². The maximum Gasteiger partial charge on any atom is 0.306 e. The van der Waals surface area contributed by atoms with Crippen molar-refractivity contribution < 1.29 is 19.4 Å². The van der Waals surface area contributed by atoms with Crippen LogP contribution in [-0.4, -0.2) is 53.7 Å². The first-order chi connectivity index (χ1) is 12.1. The van der Waals surface area contributed by atoms with E-state index in [1.54, 1.807) is 0 Å². The van der Waals surface area contributed by atoms with E-state index < -0.39 is 12.1 Å². The Labute approximate surface area is 148 Å². The molecular weight excluding hydrogens is 320 g/mol. The first-order valence-corrected chi connectivity index (χ1v) is 9.03. The summed E-state index contributed by atoms with van der Waals surface area (Å²) in [5.41, 5.74) is 1.23. The number of nitrogens with one attached hydrogen (secondary N) is 1. The Bertz CT molecular complexity index is 584. The third-order valence-corrected chi connectivity index (χ3v) is 5.11. The van der Waals surface area contributed by atoms with Crippen LogP contribution in [0.4, 0.5) is 0 Å². The summed E-state index contributed by atoms with van der Waals surface area (Å²) in [6.07, 6.45) is 2.26. The van der Waals surface area contributed by atoms with Crippen LogP contribution in [0.2, 0.25) is 0 Å². The summed E-state index contributed by atoms with van der Waals surface area (Å²) in [6, 6.07) is 10.3. The molecule has 6 nitrogen and oxygen atoms in total. The van der Waals surface area contributed by atoms with E-state index in [4.69, 9.17) is 9.84 Å². The molecule has 25 heavy (non-hydrogen) atoms. The largest absolute Gasteiger partial charge is 0.481 e. The second kappa shape index (κ2) is 8.45. The molecule has 1 saturated heterocycles. The zero-order valence-corrected chi connectivity index (χ0v) is 14.4. The van der Waals surface area contributed by atoms with Crippen LogP contribution in [0.5, 0.6) is 0 Å². The Morgan fingerprint density at radius 2 is 1.88 bits per heavy atom. The second-order valence-electron chi connectivity index (χ2n) is 6.98. The number of hydrogen-bond donors (Lipinski definition) is 2. The maximum absolute atomic E-state index is 12.5. The van der Waals surface area contributed by atoms with E-state index in [9.17, 15) is 9.59 Å². The predicted octanol–water partition coefficient (Wildman–Crippen LogP) is 1.65. The molecule has 1 heterocycles. The molecule has 3 rings (SSSR count).